The van der Waals surface area contributed by atoms with E-state index in [1.165, 1.54) is 0 Å². The van der Waals surface area contributed by atoms with Crippen LogP contribution in [0.1, 0.15) is 12.5 Å². The number of nitrogens with zero attached hydrogens (tertiary/aromatic N) is 1. The number of nitrogens with two attached hydrogens (primary N) is 1. The van der Waals surface area contributed by atoms with Crippen molar-refractivity contribution >= 4 is 18.1 Å². The number of halogens is 1. The van der Waals surface area contributed by atoms with Crippen LogP contribution < -0.4 is 11.3 Å². The summed E-state index contributed by atoms with van der Waals surface area (Å²) in [5.74, 6) is 0. The van der Waals surface area contributed by atoms with E-state index in [0.717, 1.165) is 6.42 Å². The van der Waals surface area contributed by atoms with Gasteiger partial charge in [0.1, 0.15) is 6.10 Å². The van der Waals surface area contributed by atoms with Crippen LogP contribution in [-0.2, 0) is 9.47 Å². The number of anilines is 1. The maximum atomic E-state index is 11.9. The zero-order chi connectivity index (χ0) is 11.5. The molecule has 0 aliphatic carbocycles. The predicted octanol–water partition coefficient (Wildman–Crippen LogP) is 0.829. The minimum absolute atomic E-state index is 0. The highest BCUT2D eigenvalue weighted by atomic mass is 35.5. The summed E-state index contributed by atoms with van der Waals surface area (Å²) in [5, 5.41) is 0. The molecule has 1 unspecified atom stereocenters. The topological polar surface area (TPSA) is 66.5 Å². The first-order valence-electron chi connectivity index (χ1n) is 5.31. The van der Waals surface area contributed by atoms with Crippen molar-refractivity contribution in [3.63, 3.8) is 0 Å². The van der Waals surface area contributed by atoms with Crippen molar-refractivity contribution in [1.82, 2.24) is 4.57 Å². The van der Waals surface area contributed by atoms with Crippen LogP contribution in [0.4, 0.5) is 5.69 Å². The summed E-state index contributed by atoms with van der Waals surface area (Å²) in [6.07, 6.45) is 2.43. The molecule has 2 rings (SSSR count). The van der Waals surface area contributed by atoms with Gasteiger partial charge in [-0.25, -0.2) is 0 Å². The summed E-state index contributed by atoms with van der Waals surface area (Å²) >= 11 is 0. The lowest BCUT2D eigenvalue weighted by Gasteiger charge is -2.31. The number of ether oxygens (including phenoxy) is 2. The molecular weight excluding hydrogens is 244 g/mol. The van der Waals surface area contributed by atoms with Crippen LogP contribution in [0.3, 0.4) is 0 Å². The first-order chi connectivity index (χ1) is 7.74. The maximum absolute atomic E-state index is 11.9. The van der Waals surface area contributed by atoms with Crippen LogP contribution in [0.2, 0.25) is 0 Å². The van der Waals surface area contributed by atoms with E-state index >= 15 is 0 Å². The van der Waals surface area contributed by atoms with Gasteiger partial charge >= 0.3 is 0 Å². The van der Waals surface area contributed by atoms with E-state index in [1.807, 2.05) is 0 Å². The maximum Gasteiger partial charge on any atom is 0.274 e. The van der Waals surface area contributed by atoms with Gasteiger partial charge in [0.15, 0.2) is 0 Å². The van der Waals surface area contributed by atoms with Gasteiger partial charge in [0.2, 0.25) is 0 Å². The molecule has 0 aromatic carbocycles. The smallest absolute Gasteiger partial charge is 0.274 e. The molecule has 0 radical (unpaired) electrons. The average Bonchev–Trinajstić information content (AvgIpc) is 2.33. The fourth-order valence-corrected chi connectivity index (χ4v) is 2.03. The standard InChI is InChI=1S/C11H16N2O3.ClH/c1-15-10-7-16-6-4-9(10)13-5-2-3-8(12)11(13)14;/h2-3,5,9-10H,4,6-7,12H2,1H3;1H/t9?,10-;/m1./s1. The minimum Gasteiger partial charge on any atom is -0.394 e. The number of rotatable bonds is 2. The van der Waals surface area contributed by atoms with Gasteiger partial charge in [-0.15, -0.1) is 12.4 Å². The summed E-state index contributed by atoms with van der Waals surface area (Å²) in [7, 11) is 1.63. The van der Waals surface area contributed by atoms with Crippen LogP contribution >= 0.6 is 12.4 Å². The lowest BCUT2D eigenvalue weighted by Crippen LogP contribution is -2.40. The van der Waals surface area contributed by atoms with E-state index in [1.54, 1.807) is 30.0 Å². The molecule has 2 atom stereocenters. The van der Waals surface area contributed by atoms with E-state index in [0.29, 0.717) is 13.2 Å². The molecule has 2 N–H and O–H groups in total. The second-order valence-corrected chi connectivity index (χ2v) is 3.88. The highest BCUT2D eigenvalue weighted by molar-refractivity contribution is 5.85. The second kappa shape index (κ2) is 6.05. The Balaban J connectivity index is 0.00000144. The Bertz CT molecular complexity index is 421. The second-order valence-electron chi connectivity index (χ2n) is 3.88. The van der Waals surface area contributed by atoms with E-state index in [9.17, 15) is 4.79 Å². The lowest BCUT2D eigenvalue weighted by molar-refractivity contribution is -0.0608. The van der Waals surface area contributed by atoms with Gasteiger partial charge in [-0.05, 0) is 18.6 Å². The fourth-order valence-electron chi connectivity index (χ4n) is 2.03. The molecule has 1 aliphatic heterocycles. The largest absolute Gasteiger partial charge is 0.394 e. The molecule has 1 fully saturated rings. The van der Waals surface area contributed by atoms with E-state index in [4.69, 9.17) is 15.2 Å². The Kier molecular flexibility index (Phi) is 4.99. The van der Waals surface area contributed by atoms with E-state index in [2.05, 4.69) is 0 Å². The van der Waals surface area contributed by atoms with Gasteiger partial charge in [-0.2, -0.15) is 0 Å². The molecule has 1 aromatic rings. The molecule has 1 aromatic heterocycles. The van der Waals surface area contributed by atoms with E-state index < -0.39 is 0 Å². The third-order valence-electron chi connectivity index (χ3n) is 2.93. The number of methoxy groups -OCH3 is 1. The van der Waals surface area contributed by atoms with Crippen molar-refractivity contribution in [2.75, 3.05) is 26.1 Å². The van der Waals surface area contributed by atoms with Crippen LogP contribution in [0.5, 0.6) is 0 Å². The van der Waals surface area contributed by atoms with Crippen LogP contribution in [0, 0.1) is 0 Å². The number of hydrogen-bond acceptors (Lipinski definition) is 4. The molecular formula is C11H17ClN2O3. The molecule has 0 amide bonds. The Morgan fingerprint density at radius 3 is 3.06 bits per heavy atom. The molecule has 96 valence electrons. The number of nitrogen functional groups attached to an aromatic ring is 1. The van der Waals surface area contributed by atoms with Crippen molar-refractivity contribution in [2.24, 2.45) is 0 Å². The third-order valence-corrected chi connectivity index (χ3v) is 2.93. The van der Waals surface area contributed by atoms with E-state index in [-0.39, 0.29) is 35.8 Å². The molecule has 1 aliphatic rings. The highest BCUT2D eigenvalue weighted by Crippen LogP contribution is 2.22. The van der Waals surface area contributed by atoms with Gasteiger partial charge in [-0.3, -0.25) is 4.79 Å². The van der Waals surface area contributed by atoms with Crippen LogP contribution in [0.25, 0.3) is 0 Å². The van der Waals surface area contributed by atoms with Gasteiger partial charge in [0, 0.05) is 19.9 Å². The zero-order valence-electron chi connectivity index (χ0n) is 9.67. The number of pyridine rings is 1. The quantitative estimate of drug-likeness (QED) is 0.855. The normalized spacial score (nSPS) is 24.1. The van der Waals surface area contributed by atoms with Gasteiger partial charge in [0.05, 0.1) is 18.3 Å². The monoisotopic (exact) mass is 260 g/mol. The molecule has 0 saturated carbocycles. The Hall–Kier alpha value is -1.04. The minimum atomic E-state index is -0.156. The molecule has 5 nitrogen and oxygen atoms in total. The van der Waals surface area contributed by atoms with Gasteiger partial charge in [0.25, 0.3) is 5.56 Å². The van der Waals surface area contributed by atoms with Crippen molar-refractivity contribution in [3.05, 3.63) is 28.7 Å². The molecule has 1 saturated heterocycles. The Morgan fingerprint density at radius 1 is 1.59 bits per heavy atom. The summed E-state index contributed by atoms with van der Waals surface area (Å²) in [4.78, 5) is 11.9. The first-order valence-corrected chi connectivity index (χ1v) is 5.31. The first kappa shape index (κ1) is 14.0. The van der Waals surface area contributed by atoms with Crippen LogP contribution in [0.15, 0.2) is 23.1 Å². The number of aromatic nitrogens is 1. The van der Waals surface area contributed by atoms with Crippen molar-refractivity contribution < 1.29 is 9.47 Å². The predicted molar refractivity (Wildman–Crippen MR) is 67.6 cm³/mol. The van der Waals surface area contributed by atoms with Crippen molar-refractivity contribution in [1.29, 1.82) is 0 Å². The van der Waals surface area contributed by atoms with Crippen molar-refractivity contribution in [3.8, 4) is 0 Å². The Labute approximate surface area is 106 Å². The average molecular weight is 261 g/mol. The molecule has 2 heterocycles. The third kappa shape index (κ3) is 2.80. The highest BCUT2D eigenvalue weighted by Gasteiger charge is 2.27. The Morgan fingerprint density at radius 2 is 2.35 bits per heavy atom. The lowest BCUT2D eigenvalue weighted by atomic mass is 10.1. The molecule has 0 spiro atoms. The SMILES string of the molecule is CO[C@@H]1COCCC1n1cccc(N)c1=O.Cl. The molecule has 6 heteroatoms. The zero-order valence-corrected chi connectivity index (χ0v) is 10.5. The molecule has 0 bridgehead atoms. The van der Waals surface area contributed by atoms with Crippen LogP contribution in [-0.4, -0.2) is 31.0 Å². The van der Waals surface area contributed by atoms with Crippen molar-refractivity contribution in [2.45, 2.75) is 18.6 Å². The molecule has 17 heavy (non-hydrogen) atoms. The summed E-state index contributed by atoms with van der Waals surface area (Å²) in [6, 6.07) is 3.40. The number of hydrogen-bond donors (Lipinski definition) is 1. The van der Waals surface area contributed by atoms with Gasteiger partial charge in [-0.1, -0.05) is 0 Å². The summed E-state index contributed by atoms with van der Waals surface area (Å²) in [6.45, 7) is 1.16. The van der Waals surface area contributed by atoms with Gasteiger partial charge < -0.3 is 19.8 Å². The fraction of sp³-hybridized carbons (Fsp3) is 0.545. The summed E-state index contributed by atoms with van der Waals surface area (Å²) < 4.78 is 12.3. The summed E-state index contributed by atoms with van der Waals surface area (Å²) in [5.41, 5.74) is 5.72.